The molecule has 5 nitrogen and oxygen atoms in total. The van der Waals surface area contributed by atoms with Gasteiger partial charge in [0.2, 0.25) is 5.91 Å². The minimum Gasteiger partial charge on any atom is -0.495 e. The molecule has 136 valence electrons. The second-order valence-corrected chi connectivity index (χ2v) is 6.24. The van der Waals surface area contributed by atoms with Crippen molar-refractivity contribution in [2.45, 2.75) is 0 Å². The summed E-state index contributed by atoms with van der Waals surface area (Å²) in [5.74, 6) is -0.756. The van der Waals surface area contributed by atoms with Crippen LogP contribution < -0.4 is 10.1 Å². The summed E-state index contributed by atoms with van der Waals surface area (Å²) in [6, 6.07) is 7.80. The zero-order valence-corrected chi connectivity index (χ0v) is 16.1. The number of nitrogens with one attached hydrogen (secondary N) is 1. The van der Waals surface area contributed by atoms with Gasteiger partial charge in [-0.25, -0.2) is 4.79 Å². The Morgan fingerprint density at radius 2 is 1.73 bits per heavy atom. The summed E-state index contributed by atoms with van der Waals surface area (Å²) in [4.78, 5) is 23.8. The quantitative estimate of drug-likeness (QED) is 0.546. The summed E-state index contributed by atoms with van der Waals surface area (Å²) < 4.78 is 9.84. The fourth-order valence-corrected chi connectivity index (χ4v) is 2.60. The third-order valence-electron chi connectivity index (χ3n) is 3.32. The third-order valence-corrected chi connectivity index (χ3v) is 4.37. The zero-order valence-electron chi connectivity index (χ0n) is 13.8. The molecule has 2 aromatic carbocycles. The molecule has 0 saturated carbocycles. The minimum atomic E-state index is -0.606. The van der Waals surface area contributed by atoms with Gasteiger partial charge in [-0.15, -0.1) is 0 Å². The lowest BCUT2D eigenvalue weighted by Crippen LogP contribution is -2.10. The lowest BCUT2D eigenvalue weighted by atomic mass is 10.1. The van der Waals surface area contributed by atoms with Gasteiger partial charge in [0.25, 0.3) is 0 Å². The summed E-state index contributed by atoms with van der Waals surface area (Å²) in [5, 5.41) is 3.58. The lowest BCUT2D eigenvalue weighted by molar-refractivity contribution is -0.111. The Kier molecular flexibility index (Phi) is 6.91. The molecule has 0 aromatic heterocycles. The number of rotatable bonds is 5. The maximum absolute atomic E-state index is 12.1. The van der Waals surface area contributed by atoms with Gasteiger partial charge in [-0.3, -0.25) is 4.79 Å². The van der Waals surface area contributed by atoms with Crippen molar-refractivity contribution in [3.05, 3.63) is 62.6 Å². The van der Waals surface area contributed by atoms with E-state index in [4.69, 9.17) is 39.5 Å². The van der Waals surface area contributed by atoms with E-state index < -0.39 is 11.9 Å². The van der Waals surface area contributed by atoms with E-state index in [0.29, 0.717) is 21.3 Å². The molecule has 26 heavy (non-hydrogen) atoms. The van der Waals surface area contributed by atoms with E-state index in [0.717, 1.165) is 0 Å². The van der Waals surface area contributed by atoms with Gasteiger partial charge in [0, 0.05) is 6.08 Å². The molecule has 0 radical (unpaired) electrons. The van der Waals surface area contributed by atoms with E-state index in [1.807, 2.05) is 0 Å². The van der Waals surface area contributed by atoms with Crippen molar-refractivity contribution in [1.29, 1.82) is 0 Å². The first-order chi connectivity index (χ1) is 12.3. The van der Waals surface area contributed by atoms with Gasteiger partial charge in [0.15, 0.2) is 0 Å². The third kappa shape index (κ3) is 4.91. The lowest BCUT2D eigenvalue weighted by Gasteiger charge is -2.12. The number of carbonyl (C=O) groups excluding carboxylic acids is 2. The van der Waals surface area contributed by atoms with Crippen LogP contribution >= 0.6 is 34.8 Å². The summed E-state index contributed by atoms with van der Waals surface area (Å²) in [7, 11) is 2.65. The second-order valence-electron chi connectivity index (χ2n) is 5.02. The normalized spacial score (nSPS) is 10.7. The van der Waals surface area contributed by atoms with E-state index in [1.165, 1.54) is 32.4 Å². The van der Waals surface area contributed by atoms with Crippen LogP contribution in [0, 0.1) is 0 Å². The smallest absolute Gasteiger partial charge is 0.339 e. The first-order valence-electron chi connectivity index (χ1n) is 7.25. The Bertz CT molecular complexity index is 881. The molecule has 0 aliphatic rings. The Labute approximate surface area is 165 Å². The van der Waals surface area contributed by atoms with Crippen molar-refractivity contribution in [1.82, 2.24) is 0 Å². The maximum Gasteiger partial charge on any atom is 0.339 e. The number of esters is 1. The average Bonchev–Trinajstić information content (AvgIpc) is 2.62. The number of carbonyl (C=O) groups is 2. The molecular formula is C18H14Cl3NO4. The largest absolute Gasteiger partial charge is 0.495 e. The van der Waals surface area contributed by atoms with E-state index in [2.05, 4.69) is 10.1 Å². The Hall–Kier alpha value is -2.21. The highest BCUT2D eigenvalue weighted by molar-refractivity contribution is 6.42. The molecule has 8 heteroatoms. The zero-order chi connectivity index (χ0) is 19.3. The van der Waals surface area contributed by atoms with Crippen LogP contribution in [0.3, 0.4) is 0 Å². The van der Waals surface area contributed by atoms with Gasteiger partial charge in [-0.05, 0) is 35.9 Å². The molecular weight excluding hydrogens is 401 g/mol. The maximum atomic E-state index is 12.1. The molecule has 0 aliphatic carbocycles. The SMILES string of the molecule is COC(=O)c1cc(OC)c(NC(=O)/C=C/c2ccc(Cl)c(Cl)c2)cc1Cl. The summed E-state index contributed by atoms with van der Waals surface area (Å²) in [6.45, 7) is 0. The van der Waals surface area contributed by atoms with Gasteiger partial charge in [-0.2, -0.15) is 0 Å². The molecule has 0 unspecified atom stereocenters. The monoisotopic (exact) mass is 413 g/mol. The highest BCUT2D eigenvalue weighted by atomic mass is 35.5. The molecule has 0 fully saturated rings. The van der Waals surface area contributed by atoms with Crippen molar-refractivity contribution in [3.8, 4) is 5.75 Å². The van der Waals surface area contributed by atoms with Gasteiger partial charge in [0.05, 0.1) is 40.5 Å². The van der Waals surface area contributed by atoms with Gasteiger partial charge in [0.1, 0.15) is 5.75 Å². The predicted molar refractivity (Wildman–Crippen MR) is 103 cm³/mol. The van der Waals surface area contributed by atoms with Crippen LogP contribution in [-0.4, -0.2) is 26.1 Å². The average molecular weight is 415 g/mol. The fraction of sp³-hybridized carbons (Fsp3) is 0.111. The van der Waals surface area contributed by atoms with Crippen LogP contribution in [0.15, 0.2) is 36.4 Å². The number of hydrogen-bond donors (Lipinski definition) is 1. The van der Waals surface area contributed by atoms with Crippen molar-refractivity contribution in [2.75, 3.05) is 19.5 Å². The number of hydrogen-bond acceptors (Lipinski definition) is 4. The van der Waals surface area contributed by atoms with Crippen molar-refractivity contribution in [2.24, 2.45) is 0 Å². The first-order valence-corrected chi connectivity index (χ1v) is 8.39. The Balaban J connectivity index is 2.20. The number of anilines is 1. The van der Waals surface area contributed by atoms with Gasteiger partial charge >= 0.3 is 5.97 Å². The van der Waals surface area contributed by atoms with E-state index in [1.54, 1.807) is 24.3 Å². The topological polar surface area (TPSA) is 64.6 Å². The number of methoxy groups -OCH3 is 2. The Morgan fingerprint density at radius 1 is 1.00 bits per heavy atom. The minimum absolute atomic E-state index is 0.126. The van der Waals surface area contributed by atoms with Crippen molar-refractivity contribution in [3.63, 3.8) is 0 Å². The van der Waals surface area contributed by atoms with Crippen LogP contribution in [0.4, 0.5) is 5.69 Å². The summed E-state index contributed by atoms with van der Waals surface area (Å²) in [6.07, 6.45) is 2.90. The van der Waals surface area contributed by atoms with Crippen molar-refractivity contribution < 1.29 is 19.1 Å². The molecule has 1 amide bonds. The predicted octanol–water partition coefficient (Wildman–Crippen LogP) is 5.09. The molecule has 2 aromatic rings. The molecule has 0 saturated heterocycles. The van der Waals surface area contributed by atoms with Crippen LogP contribution in [-0.2, 0) is 9.53 Å². The summed E-state index contributed by atoms with van der Waals surface area (Å²) in [5.41, 5.74) is 1.16. The van der Waals surface area contributed by atoms with Crippen LogP contribution in [0.2, 0.25) is 15.1 Å². The van der Waals surface area contributed by atoms with Gasteiger partial charge < -0.3 is 14.8 Å². The number of ether oxygens (including phenoxy) is 2. The summed E-state index contributed by atoms with van der Waals surface area (Å²) >= 11 is 17.9. The number of benzene rings is 2. The molecule has 0 bridgehead atoms. The van der Waals surface area contributed by atoms with Crippen molar-refractivity contribution >= 4 is 58.4 Å². The van der Waals surface area contributed by atoms with Crippen LogP contribution in [0.25, 0.3) is 6.08 Å². The molecule has 2 rings (SSSR count). The van der Waals surface area contributed by atoms with Crippen LogP contribution in [0.1, 0.15) is 15.9 Å². The molecule has 0 atom stereocenters. The van der Waals surface area contributed by atoms with E-state index >= 15 is 0 Å². The number of halogens is 3. The molecule has 0 heterocycles. The van der Waals surface area contributed by atoms with Crippen LogP contribution in [0.5, 0.6) is 5.75 Å². The first kappa shape index (κ1) is 20.1. The van der Waals surface area contributed by atoms with Gasteiger partial charge in [-0.1, -0.05) is 40.9 Å². The highest BCUT2D eigenvalue weighted by Gasteiger charge is 2.16. The Morgan fingerprint density at radius 3 is 2.35 bits per heavy atom. The standard InChI is InChI=1S/C18H14Cl3NO4/c1-25-16-8-11(18(24)26-2)13(20)9-15(16)22-17(23)6-4-10-3-5-12(19)14(21)7-10/h3-9H,1-2H3,(H,22,23)/b6-4+. The second kappa shape index (κ2) is 8.94. The molecule has 0 spiro atoms. The highest BCUT2D eigenvalue weighted by Crippen LogP contribution is 2.32. The molecule has 1 N–H and O–H groups in total. The van der Waals surface area contributed by atoms with E-state index in [-0.39, 0.29) is 16.3 Å². The molecule has 0 aliphatic heterocycles. The fourth-order valence-electron chi connectivity index (χ4n) is 2.05. The number of amides is 1. The van der Waals surface area contributed by atoms with E-state index in [9.17, 15) is 9.59 Å².